The number of hydrogen-bond donors (Lipinski definition) is 0. The summed E-state index contributed by atoms with van der Waals surface area (Å²) in [5.41, 5.74) is 0.979. The van der Waals surface area contributed by atoms with Gasteiger partial charge in [0.1, 0.15) is 10.9 Å². The van der Waals surface area contributed by atoms with Crippen molar-refractivity contribution in [1.29, 1.82) is 0 Å². The van der Waals surface area contributed by atoms with Gasteiger partial charge in [-0.25, -0.2) is 13.8 Å². The molecule has 0 amide bonds. The molecule has 1 aliphatic carbocycles. The summed E-state index contributed by atoms with van der Waals surface area (Å²) in [7, 11) is 0. The fourth-order valence-electron chi connectivity index (χ4n) is 4.17. The Morgan fingerprint density at radius 2 is 2.11 bits per heavy atom. The van der Waals surface area contributed by atoms with E-state index in [0.717, 1.165) is 44.9 Å². The molecule has 0 aliphatic heterocycles. The van der Waals surface area contributed by atoms with Crippen LogP contribution in [0.25, 0.3) is 0 Å². The highest BCUT2D eigenvalue weighted by Crippen LogP contribution is 2.42. The van der Waals surface area contributed by atoms with Crippen LogP contribution in [-0.2, 0) is 10.2 Å². The molecule has 0 saturated heterocycles. The lowest BCUT2D eigenvalue weighted by Crippen LogP contribution is -2.30. The lowest BCUT2D eigenvalue weighted by Gasteiger charge is -2.37. The number of alkyl halides is 2. The Kier molecular flexibility index (Phi) is 7.55. The highest BCUT2D eigenvalue weighted by molar-refractivity contribution is 6.29. The zero-order chi connectivity index (χ0) is 20.1. The van der Waals surface area contributed by atoms with Crippen molar-refractivity contribution in [2.75, 3.05) is 0 Å². The van der Waals surface area contributed by atoms with Crippen molar-refractivity contribution in [3.8, 4) is 0 Å². The summed E-state index contributed by atoms with van der Waals surface area (Å²) < 4.78 is 27.6. The molecular formula is C22H30ClF2NO. The van der Waals surface area contributed by atoms with Crippen LogP contribution in [0, 0.1) is 5.92 Å². The highest BCUT2D eigenvalue weighted by atomic mass is 35.5. The van der Waals surface area contributed by atoms with Gasteiger partial charge in [-0.1, -0.05) is 37.9 Å². The summed E-state index contributed by atoms with van der Waals surface area (Å²) in [6, 6.07) is 3.94. The van der Waals surface area contributed by atoms with E-state index >= 15 is 0 Å². The molecule has 0 bridgehead atoms. The zero-order valence-corrected chi connectivity index (χ0v) is 17.1. The van der Waals surface area contributed by atoms with E-state index < -0.39 is 12.3 Å². The topological polar surface area (TPSA) is 30.0 Å². The number of halogens is 3. The van der Waals surface area contributed by atoms with Crippen molar-refractivity contribution in [1.82, 2.24) is 4.98 Å². The van der Waals surface area contributed by atoms with Gasteiger partial charge in [0.15, 0.2) is 0 Å². The standard InChI is InChI=1S/C22H30ClF2NO/c1-4-21(18-10-14-26-20(23)15-18)11-6-5-7-17(8-12-21)19(27)9-13-22(24,25)16(2)3/h10,14-15,17H,2,4-9,11-13H2,1,3H3. The average Bonchev–Trinajstić information content (AvgIpc) is 2.60. The van der Waals surface area contributed by atoms with E-state index in [1.165, 1.54) is 12.5 Å². The SMILES string of the molecule is C=C(C)C(F)(F)CCC(=O)C1CCCCC(CC)(c2ccnc(Cl)c2)CC1. The van der Waals surface area contributed by atoms with Crippen molar-refractivity contribution in [2.45, 2.75) is 83.0 Å². The van der Waals surface area contributed by atoms with E-state index in [2.05, 4.69) is 18.5 Å². The van der Waals surface area contributed by atoms with Crippen LogP contribution in [0.15, 0.2) is 30.5 Å². The van der Waals surface area contributed by atoms with Crippen molar-refractivity contribution in [3.63, 3.8) is 0 Å². The van der Waals surface area contributed by atoms with E-state index in [1.54, 1.807) is 6.20 Å². The monoisotopic (exact) mass is 397 g/mol. The summed E-state index contributed by atoms with van der Waals surface area (Å²) in [4.78, 5) is 16.7. The third-order valence-corrected chi connectivity index (χ3v) is 6.42. The number of allylic oxidation sites excluding steroid dienone is 1. The van der Waals surface area contributed by atoms with E-state index in [4.69, 9.17) is 11.6 Å². The van der Waals surface area contributed by atoms with Crippen molar-refractivity contribution in [3.05, 3.63) is 41.2 Å². The molecule has 1 fully saturated rings. The normalized spacial score (nSPS) is 24.1. The van der Waals surface area contributed by atoms with Crippen LogP contribution >= 0.6 is 11.6 Å². The first kappa shape index (κ1) is 22.0. The van der Waals surface area contributed by atoms with Crippen LogP contribution in [0.2, 0.25) is 5.15 Å². The number of aromatic nitrogens is 1. The molecule has 0 aromatic carbocycles. The lowest BCUT2D eigenvalue weighted by atomic mass is 9.68. The fourth-order valence-corrected chi connectivity index (χ4v) is 4.35. The maximum Gasteiger partial charge on any atom is 0.269 e. The van der Waals surface area contributed by atoms with Gasteiger partial charge in [0.25, 0.3) is 5.92 Å². The van der Waals surface area contributed by atoms with Crippen molar-refractivity contribution >= 4 is 17.4 Å². The van der Waals surface area contributed by atoms with Crippen LogP contribution in [0.4, 0.5) is 8.78 Å². The smallest absolute Gasteiger partial charge is 0.269 e. The largest absolute Gasteiger partial charge is 0.299 e. The van der Waals surface area contributed by atoms with Gasteiger partial charge in [-0.3, -0.25) is 4.79 Å². The molecule has 27 heavy (non-hydrogen) atoms. The van der Waals surface area contributed by atoms with Crippen LogP contribution in [0.5, 0.6) is 0 Å². The second-order valence-electron chi connectivity index (χ2n) is 7.93. The summed E-state index contributed by atoms with van der Waals surface area (Å²) in [6.45, 7) is 6.82. The number of pyridine rings is 1. The molecule has 0 N–H and O–H groups in total. The number of nitrogens with zero attached hydrogens (tertiary/aromatic N) is 1. The number of hydrogen-bond acceptors (Lipinski definition) is 2. The number of carbonyl (C=O) groups is 1. The average molecular weight is 398 g/mol. The fraction of sp³-hybridized carbons (Fsp3) is 0.636. The Balaban J connectivity index is 2.08. The lowest BCUT2D eigenvalue weighted by molar-refractivity contribution is -0.125. The molecule has 0 spiro atoms. The number of ketones is 1. The van der Waals surface area contributed by atoms with E-state index in [9.17, 15) is 13.6 Å². The molecular weight excluding hydrogens is 368 g/mol. The Morgan fingerprint density at radius 1 is 1.37 bits per heavy atom. The Bertz CT molecular complexity index is 676. The minimum atomic E-state index is -2.96. The molecule has 1 saturated carbocycles. The van der Waals surface area contributed by atoms with Crippen molar-refractivity contribution in [2.24, 2.45) is 5.92 Å². The maximum absolute atomic E-state index is 13.8. The molecule has 2 nitrogen and oxygen atoms in total. The molecule has 1 aromatic rings. The molecule has 1 aromatic heterocycles. The second-order valence-corrected chi connectivity index (χ2v) is 8.32. The summed E-state index contributed by atoms with van der Waals surface area (Å²) in [5.74, 6) is -3.12. The minimum absolute atomic E-state index is 0.0207. The van der Waals surface area contributed by atoms with Crippen LogP contribution < -0.4 is 0 Å². The number of carbonyl (C=O) groups excluding carboxylic acids is 1. The molecule has 1 aliphatic rings. The van der Waals surface area contributed by atoms with Gasteiger partial charge in [0.2, 0.25) is 0 Å². The zero-order valence-electron chi connectivity index (χ0n) is 16.4. The first-order chi connectivity index (χ1) is 12.7. The van der Waals surface area contributed by atoms with E-state index in [-0.39, 0.29) is 29.1 Å². The summed E-state index contributed by atoms with van der Waals surface area (Å²) in [5, 5.41) is 0.483. The van der Waals surface area contributed by atoms with Gasteiger partial charge < -0.3 is 0 Å². The first-order valence-electron chi connectivity index (χ1n) is 9.89. The van der Waals surface area contributed by atoms with Crippen LogP contribution in [0.1, 0.15) is 77.2 Å². The number of rotatable bonds is 7. The van der Waals surface area contributed by atoms with Gasteiger partial charge in [-0.2, -0.15) is 0 Å². The van der Waals surface area contributed by atoms with Crippen LogP contribution in [0.3, 0.4) is 0 Å². The van der Waals surface area contributed by atoms with Gasteiger partial charge in [-0.15, -0.1) is 0 Å². The number of Topliss-reactive ketones (excluding diaryl/α,β-unsaturated/α-hetero) is 1. The summed E-state index contributed by atoms with van der Waals surface area (Å²) >= 11 is 6.10. The Morgan fingerprint density at radius 3 is 2.74 bits per heavy atom. The summed E-state index contributed by atoms with van der Waals surface area (Å²) in [6.07, 6.45) is 7.63. The minimum Gasteiger partial charge on any atom is -0.299 e. The molecule has 0 radical (unpaired) electrons. The van der Waals surface area contributed by atoms with Gasteiger partial charge in [0, 0.05) is 25.0 Å². The molecule has 2 unspecified atom stereocenters. The Hall–Kier alpha value is -1.29. The van der Waals surface area contributed by atoms with Gasteiger partial charge in [0.05, 0.1) is 0 Å². The van der Waals surface area contributed by atoms with E-state index in [1.807, 2.05) is 12.1 Å². The molecule has 150 valence electrons. The van der Waals surface area contributed by atoms with Crippen LogP contribution in [-0.4, -0.2) is 16.7 Å². The third-order valence-electron chi connectivity index (χ3n) is 6.21. The quantitative estimate of drug-likeness (QED) is 0.369. The second kappa shape index (κ2) is 9.27. The van der Waals surface area contributed by atoms with Gasteiger partial charge >= 0.3 is 0 Å². The Labute approximate surface area is 166 Å². The van der Waals surface area contributed by atoms with E-state index in [0.29, 0.717) is 5.15 Å². The molecule has 1 heterocycles. The first-order valence-corrected chi connectivity index (χ1v) is 10.3. The molecule has 2 rings (SSSR count). The molecule has 5 heteroatoms. The van der Waals surface area contributed by atoms with Crippen molar-refractivity contribution < 1.29 is 13.6 Å². The molecule has 2 atom stereocenters. The highest BCUT2D eigenvalue weighted by Gasteiger charge is 2.35. The maximum atomic E-state index is 13.8. The van der Waals surface area contributed by atoms with Gasteiger partial charge in [-0.05, 0) is 67.7 Å². The predicted octanol–water partition coefficient (Wildman–Crippen LogP) is 6.91. The predicted molar refractivity (Wildman–Crippen MR) is 106 cm³/mol. The third kappa shape index (κ3) is 5.60.